The summed E-state index contributed by atoms with van der Waals surface area (Å²) in [4.78, 5) is 39.5. The minimum absolute atomic E-state index is 0.174. The number of nitrogens with zero attached hydrogens (tertiary/aromatic N) is 4. The van der Waals surface area contributed by atoms with Crippen LogP contribution in [0.25, 0.3) is 32.2 Å². The molecule has 0 atom stereocenters. The normalized spacial score (nSPS) is 11.8. The second-order valence-electron chi connectivity index (χ2n) is 10.4. The number of benzene rings is 1. The van der Waals surface area contributed by atoms with Gasteiger partial charge in [-0.3, -0.25) is 14.3 Å². The Balaban J connectivity index is 1.50. The van der Waals surface area contributed by atoms with Crippen LogP contribution in [0.3, 0.4) is 0 Å². The smallest absolute Gasteiger partial charge is 0.341 e. The van der Waals surface area contributed by atoms with Gasteiger partial charge in [0.15, 0.2) is 0 Å². The van der Waals surface area contributed by atoms with E-state index in [0.717, 1.165) is 21.5 Å². The summed E-state index contributed by atoms with van der Waals surface area (Å²) in [5.74, 6) is 0.646. The van der Waals surface area contributed by atoms with Crippen LogP contribution in [0.4, 0.5) is 0 Å². The van der Waals surface area contributed by atoms with Gasteiger partial charge in [0.1, 0.15) is 33.9 Å². The molecule has 1 aromatic carbocycles. The molecule has 41 heavy (non-hydrogen) atoms. The van der Waals surface area contributed by atoms with Crippen LogP contribution in [0.2, 0.25) is 10.0 Å². The van der Waals surface area contributed by atoms with Crippen LogP contribution < -0.4 is 10.3 Å². The highest BCUT2D eigenvalue weighted by Gasteiger charge is 2.24. The molecule has 0 aliphatic carbocycles. The van der Waals surface area contributed by atoms with E-state index in [0.29, 0.717) is 43.2 Å². The first-order chi connectivity index (χ1) is 19.3. The average Bonchev–Trinajstić information content (AvgIpc) is 3.31. The zero-order valence-electron chi connectivity index (χ0n) is 22.8. The van der Waals surface area contributed by atoms with E-state index in [-0.39, 0.29) is 23.7 Å². The zero-order valence-corrected chi connectivity index (χ0v) is 26.8. The molecule has 0 aliphatic rings. The number of esters is 1. The first-order valence-electron chi connectivity index (χ1n) is 12.6. The number of fused-ring (bicyclic) bond motifs is 2. The lowest BCUT2D eigenvalue weighted by Crippen LogP contribution is -2.27. The summed E-state index contributed by atoms with van der Waals surface area (Å²) in [6.07, 6.45) is 1.42. The first-order valence-corrected chi connectivity index (χ1v) is 15.0. The van der Waals surface area contributed by atoms with E-state index in [1.54, 1.807) is 24.4 Å². The molecular weight excluding hydrogens is 651 g/mol. The summed E-state index contributed by atoms with van der Waals surface area (Å²) in [5.41, 5.74) is 2.77. The van der Waals surface area contributed by atoms with Crippen molar-refractivity contribution in [3.63, 3.8) is 0 Å². The lowest BCUT2D eigenvalue weighted by Gasteiger charge is -2.19. The maximum Gasteiger partial charge on any atom is 0.341 e. The van der Waals surface area contributed by atoms with Crippen molar-refractivity contribution in [3.8, 4) is 16.9 Å². The Hall–Kier alpha value is -3.05. The van der Waals surface area contributed by atoms with E-state index >= 15 is 0 Å². The molecule has 0 unspecified atom stereocenters. The van der Waals surface area contributed by atoms with Gasteiger partial charge in [0.2, 0.25) is 0 Å². The molecule has 0 bridgehead atoms. The number of aromatic nitrogens is 4. The van der Waals surface area contributed by atoms with E-state index in [1.807, 2.05) is 39.8 Å². The van der Waals surface area contributed by atoms with E-state index in [2.05, 4.69) is 30.9 Å². The number of thiophene rings is 1. The molecule has 4 aromatic heterocycles. The number of hydrogen-bond donors (Lipinski definition) is 0. The summed E-state index contributed by atoms with van der Waals surface area (Å²) in [6.45, 7) is 9.50. The molecule has 0 aliphatic heterocycles. The lowest BCUT2D eigenvalue weighted by atomic mass is 10.0. The summed E-state index contributed by atoms with van der Waals surface area (Å²) in [7, 11) is 0. The number of hydrogen-bond acceptors (Lipinski definition) is 8. The topological polar surface area (TPSA) is 96.2 Å². The van der Waals surface area contributed by atoms with Crippen molar-refractivity contribution in [1.29, 1.82) is 0 Å². The summed E-state index contributed by atoms with van der Waals surface area (Å²) < 4.78 is 14.6. The number of pyridine rings is 2. The zero-order chi connectivity index (χ0) is 29.6. The molecule has 0 fully saturated rings. The number of carbonyl (C=O) groups is 1. The van der Waals surface area contributed by atoms with Gasteiger partial charge in [0.05, 0.1) is 32.7 Å². The quantitative estimate of drug-likeness (QED) is 0.134. The molecule has 4 heterocycles. The monoisotopic (exact) mass is 674 g/mol. The van der Waals surface area contributed by atoms with Crippen LogP contribution in [-0.4, -0.2) is 37.7 Å². The Morgan fingerprint density at radius 3 is 2.59 bits per heavy atom. The van der Waals surface area contributed by atoms with Crippen LogP contribution in [0.15, 0.2) is 45.2 Å². The van der Waals surface area contributed by atoms with Gasteiger partial charge < -0.3 is 9.47 Å². The molecular formula is C29H25BrCl2N4O4S. The first kappa shape index (κ1) is 29.4. The molecule has 0 saturated heterocycles. The number of rotatable bonds is 6. The van der Waals surface area contributed by atoms with E-state index < -0.39 is 11.6 Å². The number of aryl methyl sites for hydroxylation is 2. The van der Waals surface area contributed by atoms with E-state index in [1.165, 1.54) is 22.1 Å². The van der Waals surface area contributed by atoms with Crippen LogP contribution in [-0.2, 0) is 11.3 Å². The van der Waals surface area contributed by atoms with E-state index in [9.17, 15) is 9.59 Å². The van der Waals surface area contributed by atoms with Gasteiger partial charge >= 0.3 is 5.97 Å². The fourth-order valence-corrected chi connectivity index (χ4v) is 6.22. The molecule has 5 aromatic rings. The second kappa shape index (κ2) is 11.3. The Labute approximate surface area is 258 Å². The minimum atomic E-state index is -0.633. The third-order valence-corrected chi connectivity index (χ3v) is 8.26. The van der Waals surface area contributed by atoms with Gasteiger partial charge in [0, 0.05) is 33.4 Å². The van der Waals surface area contributed by atoms with Crippen LogP contribution in [0, 0.1) is 13.8 Å². The van der Waals surface area contributed by atoms with Gasteiger partial charge in [-0.1, -0.05) is 23.2 Å². The molecule has 0 saturated carbocycles. The van der Waals surface area contributed by atoms with Crippen LogP contribution in [0.1, 0.15) is 42.6 Å². The highest BCUT2D eigenvalue weighted by molar-refractivity contribution is 9.10. The van der Waals surface area contributed by atoms with E-state index in [4.69, 9.17) is 32.7 Å². The van der Waals surface area contributed by atoms with Crippen LogP contribution in [0.5, 0.6) is 5.75 Å². The summed E-state index contributed by atoms with van der Waals surface area (Å²) >= 11 is 17.5. The largest absolute Gasteiger partial charge is 0.491 e. The number of halogens is 3. The summed E-state index contributed by atoms with van der Waals surface area (Å²) in [6, 6.07) is 7.28. The molecule has 5 rings (SSSR count). The Morgan fingerprint density at radius 2 is 1.85 bits per heavy atom. The van der Waals surface area contributed by atoms with Crippen molar-refractivity contribution in [2.75, 3.05) is 6.61 Å². The standard InChI is InChI=1S/C29H25BrCl2N4O4S/c1-14-10-18(25-23(34-14)19(13-41-25)28(38)40-29(3,4)5)17-11-16(31)6-7-21(17)39-9-8-36-15(2)35-24-22(27(36)37)20(32)12-33-26(24)30/h6-7,10-13H,8-9H2,1-5H3. The minimum Gasteiger partial charge on any atom is -0.491 e. The van der Waals surface area contributed by atoms with Gasteiger partial charge in [-0.15, -0.1) is 11.3 Å². The third kappa shape index (κ3) is 5.97. The van der Waals surface area contributed by atoms with Crippen molar-refractivity contribution >= 4 is 77.6 Å². The molecule has 0 amide bonds. The van der Waals surface area contributed by atoms with Gasteiger partial charge in [-0.05, 0) is 74.8 Å². The Kier molecular flexibility index (Phi) is 8.13. The van der Waals surface area contributed by atoms with Crippen molar-refractivity contribution in [2.45, 2.75) is 46.8 Å². The van der Waals surface area contributed by atoms with Gasteiger partial charge in [0.25, 0.3) is 5.56 Å². The maximum absolute atomic E-state index is 13.3. The fraction of sp³-hybridized carbons (Fsp3) is 0.276. The molecule has 0 spiro atoms. The maximum atomic E-state index is 13.3. The van der Waals surface area contributed by atoms with Gasteiger partial charge in [-0.2, -0.15) is 0 Å². The van der Waals surface area contributed by atoms with Crippen LogP contribution >= 0.6 is 50.5 Å². The van der Waals surface area contributed by atoms with Crippen molar-refractivity contribution in [3.05, 3.63) is 77.9 Å². The molecule has 0 N–H and O–H groups in total. The van der Waals surface area contributed by atoms with Crippen molar-refractivity contribution in [2.24, 2.45) is 0 Å². The Bertz CT molecular complexity index is 1900. The molecule has 212 valence electrons. The molecule has 12 heteroatoms. The summed E-state index contributed by atoms with van der Waals surface area (Å²) in [5, 5.41) is 2.81. The highest BCUT2D eigenvalue weighted by Crippen LogP contribution is 2.40. The van der Waals surface area contributed by atoms with Crippen molar-refractivity contribution in [1.82, 2.24) is 19.5 Å². The lowest BCUT2D eigenvalue weighted by molar-refractivity contribution is 0.00721. The average molecular weight is 676 g/mol. The molecule has 8 nitrogen and oxygen atoms in total. The highest BCUT2D eigenvalue weighted by atomic mass is 79.9. The fourth-order valence-electron chi connectivity index (χ4n) is 4.43. The predicted octanol–water partition coefficient (Wildman–Crippen LogP) is 7.79. The number of carbonyl (C=O) groups excluding carboxylic acids is 1. The third-order valence-electron chi connectivity index (χ3n) is 6.16. The molecule has 0 radical (unpaired) electrons. The number of ether oxygens (including phenoxy) is 2. The van der Waals surface area contributed by atoms with Gasteiger partial charge in [-0.25, -0.2) is 14.8 Å². The SMILES string of the molecule is Cc1cc(-c2cc(Cl)ccc2OCCn2c(C)nc3c(Br)ncc(Cl)c3c2=O)c2scc(C(=O)OC(C)(C)C)c2n1. The Morgan fingerprint density at radius 1 is 1.10 bits per heavy atom. The van der Waals surface area contributed by atoms with Crippen molar-refractivity contribution < 1.29 is 14.3 Å². The second-order valence-corrected chi connectivity index (χ2v) is 12.8. The predicted molar refractivity (Wildman–Crippen MR) is 167 cm³/mol.